The molecule has 1 aromatic carbocycles. The molecule has 0 spiro atoms. The van der Waals surface area contributed by atoms with Crippen LogP contribution < -0.4 is 31.2 Å². The Hall–Kier alpha value is -1.80. The third-order valence-corrected chi connectivity index (χ3v) is 4.66. The summed E-state index contributed by atoms with van der Waals surface area (Å²) in [5, 5.41) is 10.0. The second kappa shape index (κ2) is 16.0. The maximum atomic E-state index is 12.0. The van der Waals surface area contributed by atoms with Gasteiger partial charge in [0.2, 0.25) is 5.91 Å². The molecular formula is C21H35ClN4O3. The van der Waals surface area contributed by atoms with Crippen LogP contribution >= 0.6 is 11.6 Å². The molecule has 0 atom stereocenters. The van der Waals surface area contributed by atoms with Gasteiger partial charge in [-0.3, -0.25) is 4.79 Å². The Morgan fingerprint density at radius 1 is 1.00 bits per heavy atom. The molecule has 0 radical (unpaired) electrons. The molecule has 1 rings (SSSR count). The topological polar surface area (TPSA) is 97.6 Å². The molecule has 0 aliphatic heterocycles. The minimum atomic E-state index is -0.153. The van der Waals surface area contributed by atoms with E-state index in [9.17, 15) is 4.79 Å². The fourth-order valence-electron chi connectivity index (χ4n) is 2.66. The fraction of sp³-hybridized carbons (Fsp3) is 0.571. The summed E-state index contributed by atoms with van der Waals surface area (Å²) in [5.41, 5.74) is 6.14. The lowest BCUT2D eigenvalue weighted by molar-refractivity contribution is -0.116. The van der Waals surface area contributed by atoms with Gasteiger partial charge in [-0.15, -0.1) is 0 Å². The highest BCUT2D eigenvalue weighted by Crippen LogP contribution is 2.37. The van der Waals surface area contributed by atoms with E-state index < -0.39 is 0 Å². The van der Waals surface area contributed by atoms with E-state index in [0.717, 1.165) is 58.4 Å². The van der Waals surface area contributed by atoms with Gasteiger partial charge in [-0.25, -0.2) is 0 Å². The standard InChI is InChI=1S/C21H35ClN4O3/c1-28-18-9-7-17(20(22)21(18)29-2)8-10-19(27)26-16-6-15-25-13-4-3-12-24-14-5-11-23/h7-10,24-25H,3-6,11-16,23H2,1-2H3,(H,26,27)/b10-8+. The molecule has 0 aromatic heterocycles. The summed E-state index contributed by atoms with van der Waals surface area (Å²) >= 11 is 6.30. The average molecular weight is 427 g/mol. The molecule has 0 aliphatic carbocycles. The van der Waals surface area contributed by atoms with Crippen molar-refractivity contribution in [2.24, 2.45) is 5.73 Å². The Morgan fingerprint density at radius 2 is 1.66 bits per heavy atom. The van der Waals surface area contributed by atoms with Crippen LogP contribution in [0.2, 0.25) is 5.02 Å². The van der Waals surface area contributed by atoms with Crippen molar-refractivity contribution in [1.82, 2.24) is 16.0 Å². The maximum absolute atomic E-state index is 12.0. The molecular weight excluding hydrogens is 392 g/mol. The monoisotopic (exact) mass is 426 g/mol. The second-order valence-electron chi connectivity index (χ2n) is 6.53. The van der Waals surface area contributed by atoms with Crippen molar-refractivity contribution in [1.29, 1.82) is 0 Å². The number of amides is 1. The number of hydrogen-bond donors (Lipinski definition) is 4. The zero-order valence-electron chi connectivity index (χ0n) is 17.6. The Kier molecular flexibility index (Phi) is 14.0. The number of nitrogens with two attached hydrogens (primary N) is 1. The number of ether oxygens (including phenoxy) is 2. The van der Waals surface area contributed by atoms with Crippen LogP contribution in [0.3, 0.4) is 0 Å². The first kappa shape index (κ1) is 25.2. The third-order valence-electron chi connectivity index (χ3n) is 4.27. The second-order valence-corrected chi connectivity index (χ2v) is 6.91. The summed E-state index contributed by atoms with van der Waals surface area (Å²) in [4.78, 5) is 12.0. The van der Waals surface area contributed by atoms with Crippen molar-refractivity contribution in [3.63, 3.8) is 0 Å². The predicted molar refractivity (Wildman–Crippen MR) is 120 cm³/mol. The van der Waals surface area contributed by atoms with Crippen molar-refractivity contribution >= 4 is 23.6 Å². The Labute approximate surface area is 179 Å². The number of rotatable bonds is 16. The van der Waals surface area contributed by atoms with Crippen LogP contribution in [0, 0.1) is 0 Å². The van der Waals surface area contributed by atoms with Gasteiger partial charge in [-0.05, 0) is 82.2 Å². The van der Waals surface area contributed by atoms with Gasteiger partial charge in [0.15, 0.2) is 11.5 Å². The molecule has 164 valence electrons. The number of halogens is 1. The number of carbonyl (C=O) groups is 1. The van der Waals surface area contributed by atoms with Gasteiger partial charge in [-0.1, -0.05) is 11.6 Å². The molecule has 0 fully saturated rings. The highest BCUT2D eigenvalue weighted by atomic mass is 35.5. The Bertz CT molecular complexity index is 626. The minimum Gasteiger partial charge on any atom is -0.493 e. The molecule has 0 saturated carbocycles. The van der Waals surface area contributed by atoms with E-state index in [1.54, 1.807) is 25.3 Å². The molecule has 0 unspecified atom stereocenters. The zero-order valence-corrected chi connectivity index (χ0v) is 18.3. The lowest BCUT2D eigenvalue weighted by Crippen LogP contribution is -2.26. The van der Waals surface area contributed by atoms with Crippen molar-refractivity contribution in [3.05, 3.63) is 28.8 Å². The van der Waals surface area contributed by atoms with E-state index in [0.29, 0.717) is 28.6 Å². The summed E-state index contributed by atoms with van der Waals surface area (Å²) in [6.07, 6.45) is 7.33. The number of hydrogen-bond acceptors (Lipinski definition) is 6. The first-order valence-corrected chi connectivity index (χ1v) is 10.5. The van der Waals surface area contributed by atoms with Crippen LogP contribution in [-0.4, -0.2) is 59.4 Å². The lowest BCUT2D eigenvalue weighted by atomic mass is 10.2. The van der Waals surface area contributed by atoms with E-state index in [1.165, 1.54) is 13.2 Å². The van der Waals surface area contributed by atoms with E-state index in [2.05, 4.69) is 16.0 Å². The lowest BCUT2D eigenvalue weighted by Gasteiger charge is -2.10. The zero-order chi connectivity index (χ0) is 21.3. The molecule has 8 heteroatoms. The molecule has 0 saturated heterocycles. The maximum Gasteiger partial charge on any atom is 0.244 e. The van der Waals surface area contributed by atoms with E-state index in [4.69, 9.17) is 26.8 Å². The quantitative estimate of drug-likeness (QED) is 0.239. The summed E-state index contributed by atoms with van der Waals surface area (Å²) in [7, 11) is 3.08. The van der Waals surface area contributed by atoms with Gasteiger partial charge < -0.3 is 31.2 Å². The van der Waals surface area contributed by atoms with E-state index in [-0.39, 0.29) is 5.91 Å². The Balaban J connectivity index is 2.16. The van der Waals surface area contributed by atoms with Crippen LogP contribution in [0.15, 0.2) is 18.2 Å². The molecule has 7 nitrogen and oxygen atoms in total. The van der Waals surface area contributed by atoms with Crippen molar-refractivity contribution in [2.45, 2.75) is 25.7 Å². The van der Waals surface area contributed by atoms with Gasteiger partial charge >= 0.3 is 0 Å². The highest BCUT2D eigenvalue weighted by molar-refractivity contribution is 6.33. The first-order valence-electron chi connectivity index (χ1n) is 10.1. The van der Waals surface area contributed by atoms with Gasteiger partial charge in [0.25, 0.3) is 0 Å². The molecule has 1 aromatic rings. The smallest absolute Gasteiger partial charge is 0.244 e. The van der Waals surface area contributed by atoms with Crippen LogP contribution in [0.5, 0.6) is 11.5 Å². The predicted octanol–water partition coefficient (Wildman–Crippen LogP) is 2.18. The van der Waals surface area contributed by atoms with Crippen LogP contribution in [0.4, 0.5) is 0 Å². The molecule has 0 heterocycles. The van der Waals surface area contributed by atoms with Gasteiger partial charge in [-0.2, -0.15) is 0 Å². The van der Waals surface area contributed by atoms with Gasteiger partial charge in [0.05, 0.1) is 19.2 Å². The van der Waals surface area contributed by atoms with E-state index in [1.807, 2.05) is 0 Å². The first-order chi connectivity index (χ1) is 14.1. The summed E-state index contributed by atoms with van der Waals surface area (Å²) in [6.45, 7) is 5.27. The van der Waals surface area contributed by atoms with Crippen molar-refractivity contribution < 1.29 is 14.3 Å². The molecule has 1 amide bonds. The number of benzene rings is 1. The number of unbranched alkanes of at least 4 members (excludes halogenated alkanes) is 1. The summed E-state index contributed by atoms with van der Waals surface area (Å²) in [5.74, 6) is 0.850. The minimum absolute atomic E-state index is 0.153. The third kappa shape index (κ3) is 10.5. The van der Waals surface area contributed by atoms with Crippen molar-refractivity contribution in [2.75, 3.05) is 53.5 Å². The van der Waals surface area contributed by atoms with Crippen LogP contribution in [-0.2, 0) is 4.79 Å². The average Bonchev–Trinajstić information content (AvgIpc) is 2.73. The largest absolute Gasteiger partial charge is 0.493 e. The van der Waals surface area contributed by atoms with Crippen molar-refractivity contribution in [3.8, 4) is 11.5 Å². The van der Waals surface area contributed by atoms with Gasteiger partial charge in [0, 0.05) is 12.6 Å². The highest BCUT2D eigenvalue weighted by Gasteiger charge is 2.11. The summed E-state index contributed by atoms with van der Waals surface area (Å²) < 4.78 is 10.5. The van der Waals surface area contributed by atoms with Crippen LogP contribution in [0.25, 0.3) is 6.08 Å². The molecule has 0 bridgehead atoms. The van der Waals surface area contributed by atoms with E-state index >= 15 is 0 Å². The van der Waals surface area contributed by atoms with Crippen LogP contribution in [0.1, 0.15) is 31.2 Å². The molecule has 29 heavy (non-hydrogen) atoms. The fourth-order valence-corrected chi connectivity index (χ4v) is 2.96. The van der Waals surface area contributed by atoms with Gasteiger partial charge in [0.1, 0.15) is 0 Å². The normalized spacial score (nSPS) is 11.0. The SMILES string of the molecule is COc1ccc(/C=C/C(=O)NCCCNCCCCNCCCN)c(Cl)c1OC. The molecule has 0 aliphatic rings. The Morgan fingerprint density at radius 3 is 2.28 bits per heavy atom. The number of methoxy groups -OCH3 is 2. The molecule has 5 N–H and O–H groups in total. The number of carbonyl (C=O) groups excluding carboxylic acids is 1. The summed E-state index contributed by atoms with van der Waals surface area (Å²) in [6, 6.07) is 3.54. The number of nitrogens with one attached hydrogen (secondary N) is 3.